The van der Waals surface area contributed by atoms with Gasteiger partial charge in [-0.05, 0) is 225 Å². The number of hydrogen-bond acceptors (Lipinski definition) is 32. The lowest BCUT2D eigenvalue weighted by atomic mass is 9.96. The molecular formula is C100H95BrN32O4. The van der Waals surface area contributed by atoms with Gasteiger partial charge in [0.25, 0.3) is 0 Å². The summed E-state index contributed by atoms with van der Waals surface area (Å²) in [5.74, 6) is 4.07. The highest BCUT2D eigenvalue weighted by Crippen LogP contribution is 2.36. The van der Waals surface area contributed by atoms with Crippen LogP contribution >= 0.6 is 15.9 Å². The summed E-state index contributed by atoms with van der Waals surface area (Å²) in [5.41, 5.74) is 19.0. The molecule has 37 heteroatoms. The van der Waals surface area contributed by atoms with Gasteiger partial charge in [0.2, 0.25) is 28.5 Å². The van der Waals surface area contributed by atoms with Crippen LogP contribution in [0.1, 0.15) is 86.2 Å². The van der Waals surface area contributed by atoms with E-state index in [0.717, 1.165) is 172 Å². The van der Waals surface area contributed by atoms with Gasteiger partial charge in [0.1, 0.15) is 55.2 Å². The highest BCUT2D eigenvalue weighted by atomic mass is 79.9. The van der Waals surface area contributed by atoms with Crippen molar-refractivity contribution in [2.24, 2.45) is 0 Å². The third-order valence-electron chi connectivity index (χ3n) is 23.0. The second-order valence-corrected chi connectivity index (χ2v) is 34.1. The Bertz CT molecular complexity index is 7050. The van der Waals surface area contributed by atoms with Crippen molar-refractivity contribution in [3.63, 3.8) is 0 Å². The van der Waals surface area contributed by atoms with Crippen LogP contribution in [0.5, 0.6) is 0 Å². The molecule has 4 saturated heterocycles. The Hall–Kier alpha value is -16.7. The summed E-state index contributed by atoms with van der Waals surface area (Å²) < 4.78 is 18.3. The van der Waals surface area contributed by atoms with Crippen LogP contribution < -0.4 is 40.9 Å². The van der Waals surface area contributed by atoms with Crippen molar-refractivity contribution in [1.29, 1.82) is 21.0 Å². The molecule has 0 aliphatic carbocycles. The van der Waals surface area contributed by atoms with Crippen molar-refractivity contribution in [3.05, 3.63) is 289 Å². The van der Waals surface area contributed by atoms with E-state index >= 15 is 0 Å². The van der Waals surface area contributed by atoms with Gasteiger partial charge in [-0.1, -0.05) is 45.0 Å². The monoisotopic (exact) mass is 1890 g/mol. The first-order valence-electron chi connectivity index (χ1n) is 44.6. The molecule has 12 heterocycles. The highest BCUT2D eigenvalue weighted by molar-refractivity contribution is 9.10. The van der Waals surface area contributed by atoms with Gasteiger partial charge in [0, 0.05) is 133 Å². The molecule has 4 aliphatic rings. The van der Waals surface area contributed by atoms with Crippen LogP contribution in [0, 0.1) is 59.2 Å². The molecule has 137 heavy (non-hydrogen) atoms. The van der Waals surface area contributed by atoms with E-state index in [2.05, 4.69) is 182 Å². The maximum atomic E-state index is 9.94. The van der Waals surface area contributed by atoms with E-state index in [0.29, 0.717) is 114 Å². The largest absolute Gasteiger partial charge is 0.393 e. The number of rotatable bonds is 20. The molecule has 16 aromatic rings. The van der Waals surface area contributed by atoms with Gasteiger partial charge in [0.15, 0.2) is 5.82 Å². The lowest BCUT2D eigenvalue weighted by Gasteiger charge is -2.32. The summed E-state index contributed by atoms with van der Waals surface area (Å²) >= 11 is 3.25. The number of aliphatic hydroxyl groups excluding tert-OH is 2. The molecule has 0 atom stereocenters. The number of piperidine rings is 2. The lowest BCUT2D eigenvalue weighted by molar-refractivity contribution is 0.122. The normalized spacial score (nSPS) is 13.9. The Labute approximate surface area is 798 Å². The van der Waals surface area contributed by atoms with Crippen LogP contribution in [0.3, 0.4) is 0 Å². The number of halogens is 1. The van der Waals surface area contributed by atoms with Crippen molar-refractivity contribution in [3.8, 4) is 92.1 Å². The summed E-state index contributed by atoms with van der Waals surface area (Å²) in [6.07, 6.45) is 15.8. The third kappa shape index (κ3) is 23.2. The molecule has 8 aromatic heterocycles. The Morgan fingerprint density at radius 1 is 0.358 bits per heavy atom. The molecule has 0 spiro atoms. The second kappa shape index (κ2) is 42.9. The van der Waals surface area contributed by atoms with E-state index in [-0.39, 0.29) is 17.6 Å². The minimum atomic E-state index is -0.256. The van der Waals surface area contributed by atoms with Gasteiger partial charge >= 0.3 is 0 Å². The van der Waals surface area contributed by atoms with Crippen LogP contribution in [0.4, 0.5) is 69.3 Å². The number of morpholine rings is 2. The van der Waals surface area contributed by atoms with Gasteiger partial charge in [-0.15, -0.1) is 5.10 Å². The zero-order valence-corrected chi connectivity index (χ0v) is 77.3. The number of nitrogens with zero attached hydrogens (tertiary/aromatic N) is 28. The third-order valence-corrected chi connectivity index (χ3v) is 23.4. The Kier molecular flexibility index (Phi) is 28.9. The Balaban J connectivity index is 0.000000127. The molecule has 36 nitrogen and oxygen atoms in total. The van der Waals surface area contributed by atoms with Crippen molar-refractivity contribution in [2.75, 3.05) is 120 Å². The van der Waals surface area contributed by atoms with Crippen LogP contribution in [0.25, 0.3) is 67.8 Å². The highest BCUT2D eigenvalue weighted by Gasteiger charge is 2.26. The zero-order chi connectivity index (χ0) is 94.7. The van der Waals surface area contributed by atoms with Gasteiger partial charge in [-0.3, -0.25) is 0 Å². The number of aromatic nitrogens is 20. The zero-order valence-electron chi connectivity index (χ0n) is 75.7. The first-order chi connectivity index (χ1) is 66.8. The second-order valence-electron chi connectivity index (χ2n) is 33.4. The number of anilines is 12. The van der Waals surface area contributed by atoms with Crippen LogP contribution in [0.2, 0.25) is 0 Å². The van der Waals surface area contributed by atoms with Crippen molar-refractivity contribution < 1.29 is 19.7 Å². The SMILES string of the molecule is CC(C)(C)c1ncn(-c2ccc(Nc3nccc(-c4ccc(N5CCC(O)CC5)c(C#N)c4)n3)cc2)n1.Cc1ncn(-c2ccc(Nc3nccc(-c4ccc(N5CCOCC5)cc4C#N)n3)cc2)n1.Cc1ncn(-c2ccc(Nc3nccc(-c4cccc(N5CCOCC5)c4C#N)n3)cc2)n1.N#Cc1cc(-c2ccnc(Nc3ccc(-n4cnc(Br)n4)cc3)n2)ccc1N1CCC(O)CC1. The molecule has 6 N–H and O–H groups in total. The number of aliphatic hydroxyl groups is 2. The van der Waals surface area contributed by atoms with Gasteiger partial charge in [-0.25, -0.2) is 78.5 Å². The molecule has 4 fully saturated rings. The molecule has 0 amide bonds. The number of benzene rings is 8. The van der Waals surface area contributed by atoms with Crippen LogP contribution in [0.15, 0.2) is 249 Å². The van der Waals surface area contributed by atoms with E-state index < -0.39 is 0 Å². The van der Waals surface area contributed by atoms with E-state index in [1.165, 1.54) is 0 Å². The van der Waals surface area contributed by atoms with Crippen molar-refractivity contribution in [1.82, 2.24) is 98.9 Å². The van der Waals surface area contributed by atoms with Gasteiger partial charge < -0.3 is 60.6 Å². The predicted molar refractivity (Wildman–Crippen MR) is 524 cm³/mol. The van der Waals surface area contributed by atoms with Crippen molar-refractivity contribution >= 4 is 85.2 Å². The molecule has 0 unspecified atom stereocenters. The molecule has 0 bridgehead atoms. The minimum absolute atomic E-state index is 0.111. The standard InChI is InChI=1S/C28H30N8O.C24H21BrN8O.2C24H22N8O/c1-28(2,3)26-31-18-36(34-26)22-7-5-21(6-8-22)32-27-30-13-10-24(33-27)19-4-9-25(20(16-19)17-29)35-14-11-23(37)12-15-35;25-23-28-15-33(31-23)19-4-2-18(3-5-19)29-24-27-10-7-21(30-24)16-1-6-22(17(13-16)14-26)32-11-8-20(34)9-12-32;1-17-27-16-32(30-17)20-4-2-19(3-5-20)28-24-26-9-8-23(29-24)22-7-6-21(14-18(22)15-25)31-10-12-33-13-11-31;1-17-27-16-32(30-17)19-7-5-18(6-8-19)28-24-26-10-9-22(29-24)20-3-2-4-23(21(20)15-25)31-11-13-33-14-12-31/h4-10,13,16,18,23,37H,11-12,14-15H2,1-3H3,(H,30,32,33);1-7,10,13,15,20,34H,8-9,11-12H2,(H,27,29,30);2-9,14,16H,10-13H2,1H3,(H,26,28,29);2-10,16H,11-14H2,1H3,(H,26,28,29). The van der Waals surface area contributed by atoms with Crippen LogP contribution in [-0.2, 0) is 14.9 Å². The smallest absolute Gasteiger partial charge is 0.227 e. The van der Waals surface area contributed by atoms with Gasteiger partial charge in [-0.2, -0.15) is 36.3 Å². The number of nitriles is 4. The molecule has 0 saturated carbocycles. The molecule has 20 rings (SSSR count). The van der Waals surface area contributed by atoms with E-state index in [1.807, 2.05) is 208 Å². The number of nitrogens with one attached hydrogen (secondary N) is 4. The fourth-order valence-corrected chi connectivity index (χ4v) is 16.0. The number of hydrogen-bond donors (Lipinski definition) is 6. The molecular weight excluding hydrogens is 1790 g/mol. The Morgan fingerprint density at radius 3 is 1.12 bits per heavy atom. The average Bonchev–Trinajstić information content (AvgIpc) is 1.72. The Morgan fingerprint density at radius 2 is 0.730 bits per heavy atom. The first kappa shape index (κ1) is 92.2. The quantitative estimate of drug-likeness (QED) is 0.0413. The molecule has 8 aromatic carbocycles. The topological polar surface area (TPSA) is 441 Å². The van der Waals surface area contributed by atoms with E-state index in [1.54, 1.807) is 68.8 Å². The fourth-order valence-electron chi connectivity index (χ4n) is 15.8. The minimum Gasteiger partial charge on any atom is -0.393 e. The van der Waals surface area contributed by atoms with E-state index in [9.17, 15) is 31.3 Å². The van der Waals surface area contributed by atoms with Crippen LogP contribution in [-0.4, -0.2) is 200 Å². The van der Waals surface area contributed by atoms with Crippen molar-refractivity contribution in [2.45, 2.75) is 77.9 Å². The summed E-state index contributed by atoms with van der Waals surface area (Å²) in [6.45, 7) is 18.8. The summed E-state index contributed by atoms with van der Waals surface area (Å²) in [6, 6.07) is 71.0. The predicted octanol–water partition coefficient (Wildman–Crippen LogP) is 15.6. The molecule has 4 aliphatic heterocycles. The number of aryl methyl sites for hydroxylation is 2. The molecule has 0 radical (unpaired) electrons. The fraction of sp³-hybridized carbons (Fsp3) is 0.240. The summed E-state index contributed by atoms with van der Waals surface area (Å²) in [7, 11) is 0. The summed E-state index contributed by atoms with van der Waals surface area (Å²) in [5, 5.41) is 89.2. The summed E-state index contributed by atoms with van der Waals surface area (Å²) in [4.78, 5) is 61.5. The first-order valence-corrected chi connectivity index (χ1v) is 45.4. The van der Waals surface area contributed by atoms with Gasteiger partial charge in [0.05, 0.1) is 130 Å². The average molecular weight is 1890 g/mol. The lowest BCUT2D eigenvalue weighted by Crippen LogP contribution is -2.36. The number of ether oxygens (including phenoxy) is 2. The molecule has 686 valence electrons. The maximum Gasteiger partial charge on any atom is 0.227 e. The van der Waals surface area contributed by atoms with E-state index in [4.69, 9.17) is 9.47 Å². The maximum absolute atomic E-state index is 9.94.